The van der Waals surface area contributed by atoms with Crippen molar-refractivity contribution in [1.82, 2.24) is 36.1 Å². The second kappa shape index (κ2) is 29.7. The lowest BCUT2D eigenvalue weighted by molar-refractivity contribution is -0.160. The molecule has 0 aliphatic heterocycles. The fourth-order valence-electron chi connectivity index (χ4n) is 8.70. The van der Waals surface area contributed by atoms with Gasteiger partial charge in [-0.15, -0.1) is 0 Å². The number of carbonyl (C=O) groups is 8. The third kappa shape index (κ3) is 21.7. The van der Waals surface area contributed by atoms with Crippen molar-refractivity contribution in [1.29, 1.82) is 0 Å². The highest BCUT2D eigenvalue weighted by atomic mass is 19.1. The smallest absolute Gasteiger partial charge is 0.408 e. The van der Waals surface area contributed by atoms with Crippen LogP contribution in [0.2, 0.25) is 0 Å². The number of hydrogen-bond acceptors (Lipinski definition) is 12. The Balaban J connectivity index is 1.66. The fourth-order valence-corrected chi connectivity index (χ4v) is 8.70. The summed E-state index contributed by atoms with van der Waals surface area (Å²) in [6.45, 7) is 18.8. The Morgan fingerprint density at radius 1 is 0.679 bits per heavy atom. The van der Waals surface area contributed by atoms with Crippen molar-refractivity contribution in [3.8, 4) is 11.1 Å². The summed E-state index contributed by atoms with van der Waals surface area (Å²) in [5.41, 5.74) is -0.323. The highest BCUT2D eigenvalue weighted by Crippen LogP contribution is 2.41. The maximum absolute atomic E-state index is 15.5. The maximum Gasteiger partial charge on any atom is 0.408 e. The molecule has 1 aromatic heterocycles. The number of amides is 6. The number of hydrogen-bond donors (Lipinski definition) is 6. The number of aliphatic hydroxyl groups excluding tert-OH is 1. The number of benzene rings is 3. The molecular weight excluding hydrogens is 1050 g/mol. The Morgan fingerprint density at radius 2 is 1.30 bits per heavy atom. The third-order valence-electron chi connectivity index (χ3n) is 12.4. The van der Waals surface area contributed by atoms with Crippen LogP contribution in [0, 0.1) is 23.0 Å². The van der Waals surface area contributed by atoms with Crippen LogP contribution in [-0.2, 0) is 60.9 Å². The number of nitrogens with zero attached hydrogens (tertiary/aromatic N) is 2. The first-order valence-electron chi connectivity index (χ1n) is 27.0. The molecule has 4 aromatic rings. The van der Waals surface area contributed by atoms with Crippen LogP contribution in [0.4, 0.5) is 13.6 Å². The van der Waals surface area contributed by atoms with Crippen LogP contribution in [0.3, 0.4) is 0 Å². The van der Waals surface area contributed by atoms with E-state index in [0.717, 1.165) is 23.8 Å². The van der Waals surface area contributed by atoms with Crippen LogP contribution < -0.4 is 26.6 Å². The minimum atomic E-state index is -1.49. The predicted molar refractivity (Wildman–Crippen MR) is 299 cm³/mol. The average Bonchev–Trinajstić information content (AvgIpc) is 3.82. The Kier molecular flexibility index (Phi) is 24.1. The summed E-state index contributed by atoms with van der Waals surface area (Å²) in [4.78, 5) is 110. The van der Waals surface area contributed by atoms with Gasteiger partial charge >= 0.3 is 18.0 Å². The van der Waals surface area contributed by atoms with Crippen LogP contribution >= 0.6 is 0 Å². The van der Waals surface area contributed by atoms with Crippen LogP contribution in [0.15, 0.2) is 91.1 Å². The SMILES string of the molecule is CC(C)[C@H](NC(=O)OCc1ccccc1)C(=O)N[C@@H](C)C(=O)N[C@@H](CCN(C(=O)CO)[C@@H](c1cc(-c2cc(F)ccc2F)cn1Cc1ccccc1)C(C)(C)C)C(=O)NCCC(=O)N[C@H](CCC(=O)OC(C)(C)C)C(=O)OC(C)(C)C. The van der Waals surface area contributed by atoms with Gasteiger partial charge in [-0.2, -0.15) is 0 Å². The van der Waals surface area contributed by atoms with E-state index in [1.807, 2.05) is 57.2 Å². The standard InChI is InChI=1S/C60H81F2N7O12/c1-37(2)51(67-57(78)79-36-40-21-17-14-18-22-40)55(76)64-38(3)53(74)66-45(54(75)63-29-27-48(71)65-46(56(77)81-60(10,11)12)25-26-50(73)80-59(7,8)9)28-30-69(49(72)35-70)52(58(4,5)6)47-31-41(43-32-42(61)23-24-44(43)62)34-68(47)33-39-19-15-13-16-20-39/h13-24,31-32,34,37-38,45-46,51-52,70H,25-30,33,35-36H2,1-12H3,(H,63,75)(H,64,76)(H,65,71)(H,66,74)(H,67,78)/t38-,45-,46+,51-,52-/m0/s1. The van der Waals surface area contributed by atoms with E-state index in [1.54, 1.807) is 96.5 Å². The molecule has 0 saturated carbocycles. The normalized spacial score (nSPS) is 13.6. The Labute approximate surface area is 473 Å². The summed E-state index contributed by atoms with van der Waals surface area (Å²) in [5.74, 6) is -7.15. The van der Waals surface area contributed by atoms with E-state index in [0.29, 0.717) is 16.8 Å². The Bertz CT molecular complexity index is 2790. The molecular formula is C60H81F2N7O12. The zero-order valence-electron chi connectivity index (χ0n) is 48.6. The van der Waals surface area contributed by atoms with E-state index in [4.69, 9.17) is 14.2 Å². The quantitative estimate of drug-likeness (QED) is 0.0270. The lowest BCUT2D eigenvalue weighted by atomic mass is 9.82. The van der Waals surface area contributed by atoms with Crippen molar-refractivity contribution < 1.29 is 66.5 Å². The van der Waals surface area contributed by atoms with Crippen molar-refractivity contribution in [2.75, 3.05) is 19.7 Å². The second-order valence-corrected chi connectivity index (χ2v) is 23.2. The Hall–Kier alpha value is -7.68. The number of aliphatic hydroxyl groups is 1. The third-order valence-corrected chi connectivity index (χ3v) is 12.4. The minimum Gasteiger partial charge on any atom is -0.460 e. The molecule has 19 nitrogen and oxygen atoms in total. The zero-order chi connectivity index (χ0) is 60.4. The summed E-state index contributed by atoms with van der Waals surface area (Å²) in [6.07, 6.45) is -0.330. The Morgan fingerprint density at radius 3 is 1.88 bits per heavy atom. The highest BCUT2D eigenvalue weighted by Gasteiger charge is 2.39. The van der Waals surface area contributed by atoms with Gasteiger partial charge < -0.3 is 55.4 Å². The van der Waals surface area contributed by atoms with Gasteiger partial charge in [0.2, 0.25) is 29.5 Å². The number of halogens is 2. The van der Waals surface area contributed by atoms with Gasteiger partial charge in [0.05, 0.1) is 6.04 Å². The number of esters is 2. The lowest BCUT2D eigenvalue weighted by Gasteiger charge is -2.41. The summed E-state index contributed by atoms with van der Waals surface area (Å²) in [5, 5.41) is 23.6. The van der Waals surface area contributed by atoms with Gasteiger partial charge in [0, 0.05) is 55.5 Å². The fraction of sp³-hybridized carbons (Fsp3) is 0.500. The van der Waals surface area contributed by atoms with E-state index >= 15 is 4.39 Å². The average molecular weight is 1130 g/mol. The molecule has 0 unspecified atom stereocenters. The van der Waals surface area contributed by atoms with Crippen molar-refractivity contribution in [3.63, 3.8) is 0 Å². The number of carbonyl (C=O) groups excluding carboxylic acids is 8. The van der Waals surface area contributed by atoms with Crippen LogP contribution in [0.5, 0.6) is 0 Å². The summed E-state index contributed by atoms with van der Waals surface area (Å²) in [7, 11) is 0. The molecule has 442 valence electrons. The van der Waals surface area contributed by atoms with Crippen molar-refractivity contribution >= 4 is 47.6 Å². The molecule has 0 aliphatic carbocycles. The molecule has 3 aromatic carbocycles. The van der Waals surface area contributed by atoms with E-state index in [2.05, 4.69) is 26.6 Å². The summed E-state index contributed by atoms with van der Waals surface area (Å²) < 4.78 is 48.2. The largest absolute Gasteiger partial charge is 0.460 e. The number of ether oxygens (including phenoxy) is 3. The molecule has 81 heavy (non-hydrogen) atoms. The van der Waals surface area contributed by atoms with Crippen molar-refractivity contribution in [2.24, 2.45) is 11.3 Å². The van der Waals surface area contributed by atoms with Gasteiger partial charge in [0.25, 0.3) is 0 Å². The van der Waals surface area contributed by atoms with E-state index < -0.39 is 125 Å². The molecule has 0 radical (unpaired) electrons. The first kappa shape index (κ1) is 65.8. The molecule has 0 saturated heterocycles. The molecule has 0 bridgehead atoms. The predicted octanol–water partition coefficient (Wildman–Crippen LogP) is 7.18. The molecule has 5 atom stereocenters. The second-order valence-electron chi connectivity index (χ2n) is 23.2. The van der Waals surface area contributed by atoms with E-state index in [-0.39, 0.29) is 51.1 Å². The van der Waals surface area contributed by atoms with Gasteiger partial charge in [0.15, 0.2) is 0 Å². The van der Waals surface area contributed by atoms with Crippen molar-refractivity contribution in [3.05, 3.63) is 120 Å². The molecule has 0 spiro atoms. The molecule has 0 fully saturated rings. The molecule has 6 amide bonds. The van der Waals surface area contributed by atoms with Crippen molar-refractivity contribution in [2.45, 2.75) is 163 Å². The molecule has 6 N–H and O–H groups in total. The minimum absolute atomic E-state index is 0.0373. The van der Waals surface area contributed by atoms with Gasteiger partial charge in [0.1, 0.15) is 60.2 Å². The molecule has 4 rings (SSSR count). The van der Waals surface area contributed by atoms with Gasteiger partial charge in [-0.3, -0.25) is 28.8 Å². The first-order valence-corrected chi connectivity index (χ1v) is 27.0. The number of aromatic nitrogens is 1. The van der Waals surface area contributed by atoms with Crippen LogP contribution in [0.1, 0.15) is 132 Å². The topological polar surface area (TPSA) is 253 Å². The number of rotatable bonds is 26. The number of nitrogens with one attached hydrogen (secondary N) is 5. The number of alkyl carbamates (subject to hydrolysis) is 1. The lowest BCUT2D eigenvalue weighted by Crippen LogP contribution is -2.57. The van der Waals surface area contributed by atoms with Gasteiger partial charge in [-0.25, -0.2) is 18.4 Å². The highest BCUT2D eigenvalue weighted by molar-refractivity contribution is 5.94. The maximum atomic E-state index is 15.5. The zero-order valence-corrected chi connectivity index (χ0v) is 48.6. The first-order chi connectivity index (χ1) is 37.8. The summed E-state index contributed by atoms with van der Waals surface area (Å²) >= 11 is 0. The monoisotopic (exact) mass is 1130 g/mol. The summed E-state index contributed by atoms with van der Waals surface area (Å²) in [6, 6.07) is 16.7. The van der Waals surface area contributed by atoms with E-state index in [9.17, 15) is 47.9 Å². The van der Waals surface area contributed by atoms with Gasteiger partial charge in [-0.1, -0.05) is 95.3 Å². The van der Waals surface area contributed by atoms with E-state index in [1.165, 1.54) is 11.8 Å². The molecule has 1 heterocycles. The van der Waals surface area contributed by atoms with Crippen LogP contribution in [0.25, 0.3) is 11.1 Å². The van der Waals surface area contributed by atoms with Crippen LogP contribution in [-0.4, -0.2) is 117 Å². The molecule has 0 aliphatic rings. The molecule has 21 heteroatoms. The van der Waals surface area contributed by atoms with Gasteiger partial charge in [-0.05, 0) is 108 Å².